The van der Waals surface area contributed by atoms with Gasteiger partial charge in [0.15, 0.2) is 9.84 Å². The van der Waals surface area contributed by atoms with Crippen molar-refractivity contribution in [2.24, 2.45) is 0 Å². The van der Waals surface area contributed by atoms with Crippen molar-refractivity contribution < 1.29 is 8.42 Å². The maximum absolute atomic E-state index is 12.0. The van der Waals surface area contributed by atoms with E-state index in [0.717, 1.165) is 0 Å². The molecule has 0 aliphatic heterocycles. The third-order valence-electron chi connectivity index (χ3n) is 2.15. The number of halogens is 1. The zero-order valence-electron chi connectivity index (χ0n) is 8.63. The summed E-state index contributed by atoms with van der Waals surface area (Å²) in [7, 11) is -3.39. The zero-order valence-corrected chi connectivity index (χ0v) is 11.0. The van der Waals surface area contributed by atoms with Gasteiger partial charge in [-0.15, -0.1) is 11.3 Å². The summed E-state index contributed by atoms with van der Waals surface area (Å²) >= 11 is 7.11. The molecule has 0 amide bonds. The molecular weight excluding hydrogens is 280 g/mol. The SMILES string of the molecule is Nc1ccc(S(=O)(=O)Cc2cncs2)cc1Cl. The van der Waals surface area contributed by atoms with Crippen LogP contribution in [0.25, 0.3) is 0 Å². The molecule has 0 bridgehead atoms. The van der Waals surface area contributed by atoms with Crippen molar-refractivity contribution in [3.8, 4) is 0 Å². The minimum absolute atomic E-state index is 0.0715. The summed E-state index contributed by atoms with van der Waals surface area (Å²) < 4.78 is 24.1. The minimum atomic E-state index is -3.39. The molecule has 0 radical (unpaired) electrons. The summed E-state index contributed by atoms with van der Waals surface area (Å²) in [6.45, 7) is 0. The van der Waals surface area contributed by atoms with Gasteiger partial charge in [0.2, 0.25) is 0 Å². The van der Waals surface area contributed by atoms with E-state index in [1.54, 1.807) is 11.7 Å². The molecule has 1 heterocycles. The van der Waals surface area contributed by atoms with E-state index in [9.17, 15) is 8.42 Å². The number of sulfone groups is 1. The largest absolute Gasteiger partial charge is 0.398 e. The molecule has 0 spiro atoms. The second kappa shape index (κ2) is 4.64. The van der Waals surface area contributed by atoms with E-state index < -0.39 is 9.84 Å². The quantitative estimate of drug-likeness (QED) is 0.880. The van der Waals surface area contributed by atoms with E-state index in [1.807, 2.05) is 0 Å². The average Bonchev–Trinajstić information content (AvgIpc) is 2.73. The zero-order chi connectivity index (χ0) is 12.5. The van der Waals surface area contributed by atoms with Crippen molar-refractivity contribution in [1.82, 2.24) is 4.98 Å². The highest BCUT2D eigenvalue weighted by atomic mass is 35.5. The molecule has 0 fully saturated rings. The number of nitrogens with two attached hydrogens (primary N) is 1. The van der Waals surface area contributed by atoms with E-state index in [2.05, 4.69) is 4.98 Å². The van der Waals surface area contributed by atoms with Crippen LogP contribution in [0.1, 0.15) is 4.88 Å². The molecule has 17 heavy (non-hydrogen) atoms. The van der Waals surface area contributed by atoms with Crippen LogP contribution in [0.3, 0.4) is 0 Å². The summed E-state index contributed by atoms with van der Waals surface area (Å²) in [5, 5.41) is 0.246. The predicted octanol–water partition coefficient (Wildman–Crippen LogP) is 2.35. The highest BCUT2D eigenvalue weighted by molar-refractivity contribution is 7.90. The van der Waals surface area contributed by atoms with Gasteiger partial charge >= 0.3 is 0 Å². The maximum atomic E-state index is 12.0. The van der Waals surface area contributed by atoms with Crippen molar-refractivity contribution in [2.45, 2.75) is 10.6 Å². The Bertz CT molecular complexity index is 624. The third kappa shape index (κ3) is 2.77. The number of hydrogen-bond acceptors (Lipinski definition) is 5. The number of hydrogen-bond donors (Lipinski definition) is 1. The number of thiazole rings is 1. The number of aromatic nitrogens is 1. The molecule has 7 heteroatoms. The Labute approximate surface area is 108 Å². The number of nitrogens with zero attached hydrogens (tertiary/aromatic N) is 1. The number of anilines is 1. The first kappa shape index (κ1) is 12.3. The Morgan fingerprint density at radius 3 is 2.76 bits per heavy atom. The van der Waals surface area contributed by atoms with Gasteiger partial charge in [-0.3, -0.25) is 4.98 Å². The smallest absolute Gasteiger partial charge is 0.183 e. The van der Waals surface area contributed by atoms with Crippen molar-refractivity contribution in [1.29, 1.82) is 0 Å². The van der Waals surface area contributed by atoms with E-state index in [-0.39, 0.29) is 15.7 Å². The maximum Gasteiger partial charge on any atom is 0.183 e. The van der Waals surface area contributed by atoms with Gasteiger partial charge in [0.25, 0.3) is 0 Å². The second-order valence-electron chi connectivity index (χ2n) is 3.41. The Morgan fingerprint density at radius 2 is 2.18 bits per heavy atom. The van der Waals surface area contributed by atoms with Crippen molar-refractivity contribution in [3.63, 3.8) is 0 Å². The minimum Gasteiger partial charge on any atom is -0.398 e. The fourth-order valence-electron chi connectivity index (χ4n) is 1.29. The van der Waals surface area contributed by atoms with Gasteiger partial charge in [-0.05, 0) is 18.2 Å². The van der Waals surface area contributed by atoms with Crippen LogP contribution in [0, 0.1) is 0 Å². The Hall–Kier alpha value is -1.11. The lowest BCUT2D eigenvalue weighted by Gasteiger charge is -2.04. The van der Waals surface area contributed by atoms with Gasteiger partial charge in [-0.2, -0.15) is 0 Å². The number of nitrogen functional groups attached to an aromatic ring is 1. The fourth-order valence-corrected chi connectivity index (χ4v) is 3.84. The number of benzene rings is 1. The highest BCUT2D eigenvalue weighted by Crippen LogP contribution is 2.25. The summed E-state index contributed by atoms with van der Waals surface area (Å²) in [4.78, 5) is 4.70. The van der Waals surface area contributed by atoms with E-state index in [4.69, 9.17) is 17.3 Å². The van der Waals surface area contributed by atoms with Crippen LogP contribution >= 0.6 is 22.9 Å². The Morgan fingerprint density at radius 1 is 1.41 bits per heavy atom. The summed E-state index contributed by atoms with van der Waals surface area (Å²) in [6, 6.07) is 4.31. The van der Waals surface area contributed by atoms with Crippen molar-refractivity contribution in [3.05, 3.63) is 39.8 Å². The molecule has 0 atom stereocenters. The molecule has 0 aliphatic carbocycles. The monoisotopic (exact) mass is 288 g/mol. The van der Waals surface area contributed by atoms with Crippen LogP contribution in [-0.4, -0.2) is 13.4 Å². The summed E-state index contributed by atoms with van der Waals surface area (Å²) in [6.07, 6.45) is 1.54. The van der Waals surface area contributed by atoms with Gasteiger partial charge in [0.1, 0.15) is 0 Å². The molecule has 90 valence electrons. The molecule has 0 aliphatic rings. The van der Waals surface area contributed by atoms with Gasteiger partial charge in [0.05, 0.1) is 26.9 Å². The lowest BCUT2D eigenvalue weighted by atomic mass is 10.3. The second-order valence-corrected chi connectivity index (χ2v) is 6.78. The van der Waals surface area contributed by atoms with Gasteiger partial charge < -0.3 is 5.73 Å². The molecule has 0 unspecified atom stereocenters. The molecule has 2 N–H and O–H groups in total. The lowest BCUT2D eigenvalue weighted by molar-refractivity contribution is 0.595. The summed E-state index contributed by atoms with van der Waals surface area (Å²) in [5.74, 6) is -0.0715. The van der Waals surface area contributed by atoms with Crippen LogP contribution in [-0.2, 0) is 15.6 Å². The molecule has 2 rings (SSSR count). The van der Waals surface area contributed by atoms with Crippen LogP contribution in [0.5, 0.6) is 0 Å². The molecule has 0 saturated heterocycles. The highest BCUT2D eigenvalue weighted by Gasteiger charge is 2.17. The van der Waals surface area contributed by atoms with Crippen LogP contribution in [0.4, 0.5) is 5.69 Å². The molecule has 1 aromatic heterocycles. The lowest BCUT2D eigenvalue weighted by Crippen LogP contribution is -2.04. The third-order valence-corrected chi connectivity index (χ3v) is 5.10. The molecule has 1 aromatic carbocycles. The number of rotatable bonds is 3. The first-order valence-electron chi connectivity index (χ1n) is 4.64. The molecule has 2 aromatic rings. The average molecular weight is 289 g/mol. The van der Waals surface area contributed by atoms with Crippen molar-refractivity contribution >= 4 is 38.5 Å². The topological polar surface area (TPSA) is 73.1 Å². The molecule has 4 nitrogen and oxygen atoms in total. The van der Waals surface area contributed by atoms with E-state index in [1.165, 1.54) is 29.5 Å². The Balaban J connectivity index is 2.35. The van der Waals surface area contributed by atoms with Gasteiger partial charge in [0, 0.05) is 11.1 Å². The molecular formula is C10H9ClN2O2S2. The van der Waals surface area contributed by atoms with Crippen LogP contribution in [0.15, 0.2) is 34.8 Å². The van der Waals surface area contributed by atoms with Gasteiger partial charge in [-0.25, -0.2) is 8.42 Å². The molecule has 0 saturated carbocycles. The van der Waals surface area contributed by atoms with Crippen LogP contribution < -0.4 is 5.73 Å². The Kier molecular flexibility index (Phi) is 3.37. The standard InChI is InChI=1S/C10H9ClN2O2S2/c11-9-3-8(1-2-10(9)12)17(14,15)5-7-4-13-6-16-7/h1-4,6H,5,12H2. The summed E-state index contributed by atoms with van der Waals surface area (Å²) in [5.41, 5.74) is 7.50. The first-order chi connectivity index (χ1) is 7.99. The normalized spacial score (nSPS) is 11.6. The van der Waals surface area contributed by atoms with Crippen molar-refractivity contribution in [2.75, 3.05) is 5.73 Å². The first-order valence-corrected chi connectivity index (χ1v) is 7.55. The predicted molar refractivity (Wildman–Crippen MR) is 68.9 cm³/mol. The fraction of sp³-hybridized carbons (Fsp3) is 0.100. The van der Waals surface area contributed by atoms with Gasteiger partial charge in [-0.1, -0.05) is 11.6 Å². The van der Waals surface area contributed by atoms with E-state index >= 15 is 0 Å². The van der Waals surface area contributed by atoms with Crippen LogP contribution in [0.2, 0.25) is 5.02 Å². The van der Waals surface area contributed by atoms with E-state index in [0.29, 0.717) is 10.6 Å².